The van der Waals surface area contributed by atoms with E-state index in [2.05, 4.69) is 19.8 Å². The first-order chi connectivity index (χ1) is 12.0. The van der Waals surface area contributed by atoms with Crippen molar-refractivity contribution < 1.29 is 13.9 Å². The lowest BCUT2D eigenvalue weighted by Gasteiger charge is -2.35. The van der Waals surface area contributed by atoms with Crippen molar-refractivity contribution in [1.82, 2.24) is 10.2 Å². The van der Waals surface area contributed by atoms with Gasteiger partial charge in [0.25, 0.3) is 0 Å². The summed E-state index contributed by atoms with van der Waals surface area (Å²) in [7, 11) is 1.23. The van der Waals surface area contributed by atoms with Crippen molar-refractivity contribution in [1.29, 1.82) is 0 Å². The Balaban J connectivity index is 1.83. The van der Waals surface area contributed by atoms with Crippen LogP contribution in [0.2, 0.25) is 5.15 Å². The highest BCUT2D eigenvalue weighted by Gasteiger charge is 2.25. The zero-order chi connectivity index (χ0) is 18.0. The predicted molar refractivity (Wildman–Crippen MR) is 93.4 cm³/mol. The van der Waals surface area contributed by atoms with Crippen LogP contribution in [0.25, 0.3) is 0 Å². The van der Waals surface area contributed by atoms with Gasteiger partial charge >= 0.3 is 5.97 Å². The van der Waals surface area contributed by atoms with E-state index in [9.17, 15) is 9.18 Å². The normalized spacial score (nSPS) is 17.4. The first-order valence-electron chi connectivity index (χ1n) is 7.91. The number of rotatable bonds is 3. The summed E-state index contributed by atoms with van der Waals surface area (Å²) in [5.41, 5.74) is 7.42. The van der Waals surface area contributed by atoms with E-state index in [1.54, 1.807) is 12.1 Å². The quantitative estimate of drug-likeness (QED) is 0.843. The van der Waals surface area contributed by atoms with E-state index in [-0.39, 0.29) is 16.6 Å². The summed E-state index contributed by atoms with van der Waals surface area (Å²) in [5.74, 6) is -0.826. The number of hydrogen-bond acceptors (Lipinski definition) is 6. The highest BCUT2D eigenvalue weighted by Crippen LogP contribution is 2.33. The molecular weight excluding hydrogens is 347 g/mol. The van der Waals surface area contributed by atoms with Crippen molar-refractivity contribution >= 4 is 29.1 Å². The lowest BCUT2D eigenvalue weighted by molar-refractivity contribution is 0.0595. The van der Waals surface area contributed by atoms with Crippen molar-refractivity contribution in [2.75, 3.05) is 30.8 Å². The Morgan fingerprint density at radius 1 is 1.40 bits per heavy atom. The third kappa shape index (κ3) is 3.66. The van der Waals surface area contributed by atoms with Gasteiger partial charge in [-0.3, -0.25) is 0 Å². The Kier molecular flexibility index (Phi) is 5.03. The Hall–Kier alpha value is -2.41. The Morgan fingerprint density at radius 2 is 2.20 bits per heavy atom. The van der Waals surface area contributed by atoms with Crippen LogP contribution < -0.4 is 10.6 Å². The van der Waals surface area contributed by atoms with Gasteiger partial charge < -0.3 is 15.4 Å². The molecule has 2 N–H and O–H groups in total. The van der Waals surface area contributed by atoms with Gasteiger partial charge in [0.05, 0.1) is 18.4 Å². The monoisotopic (exact) mass is 364 g/mol. The number of nitrogens with two attached hydrogens (primary N) is 1. The molecule has 1 aromatic heterocycles. The lowest BCUT2D eigenvalue weighted by atomic mass is 9.89. The molecule has 132 valence electrons. The number of anilines is 2. The van der Waals surface area contributed by atoms with E-state index in [1.807, 2.05) is 0 Å². The summed E-state index contributed by atoms with van der Waals surface area (Å²) >= 11 is 5.92. The third-order valence-corrected chi connectivity index (χ3v) is 4.59. The Morgan fingerprint density at radius 3 is 2.92 bits per heavy atom. The Bertz CT molecular complexity index is 802. The fraction of sp³-hybridized carbons (Fsp3) is 0.353. The number of carbonyl (C=O) groups excluding carboxylic acids is 1. The van der Waals surface area contributed by atoms with Crippen LogP contribution in [-0.2, 0) is 4.74 Å². The molecule has 2 heterocycles. The van der Waals surface area contributed by atoms with Gasteiger partial charge in [-0.05, 0) is 30.5 Å². The van der Waals surface area contributed by atoms with E-state index >= 15 is 0 Å². The molecule has 0 aliphatic carbocycles. The zero-order valence-electron chi connectivity index (χ0n) is 13.7. The summed E-state index contributed by atoms with van der Waals surface area (Å²) in [6.07, 6.45) is 1.84. The number of ether oxygens (including phenoxy) is 1. The molecule has 0 spiro atoms. The SMILES string of the molecule is COC(=O)c1ccc(C2CCCN(c3cc(Cl)nnc3N)C2)cc1F. The first kappa shape index (κ1) is 17.4. The molecule has 1 unspecified atom stereocenters. The number of methoxy groups -OCH3 is 1. The molecule has 3 rings (SSSR count). The number of carbonyl (C=O) groups is 1. The molecule has 1 aliphatic rings. The van der Waals surface area contributed by atoms with Crippen LogP contribution in [0.4, 0.5) is 15.9 Å². The van der Waals surface area contributed by atoms with E-state index in [1.165, 1.54) is 19.2 Å². The molecule has 25 heavy (non-hydrogen) atoms. The molecule has 0 saturated carbocycles. The summed E-state index contributed by atoms with van der Waals surface area (Å²) in [5, 5.41) is 7.85. The van der Waals surface area contributed by atoms with Gasteiger partial charge in [-0.15, -0.1) is 10.2 Å². The summed E-state index contributed by atoms with van der Waals surface area (Å²) in [6, 6.07) is 6.33. The molecule has 1 fully saturated rings. The molecule has 6 nitrogen and oxygen atoms in total. The number of nitrogens with zero attached hydrogens (tertiary/aromatic N) is 3. The largest absolute Gasteiger partial charge is 0.465 e. The average Bonchev–Trinajstić information content (AvgIpc) is 2.63. The highest BCUT2D eigenvalue weighted by molar-refractivity contribution is 6.29. The van der Waals surface area contributed by atoms with Crippen molar-refractivity contribution in [2.45, 2.75) is 18.8 Å². The highest BCUT2D eigenvalue weighted by atomic mass is 35.5. The van der Waals surface area contributed by atoms with Crippen molar-refractivity contribution in [2.24, 2.45) is 0 Å². The average molecular weight is 365 g/mol. The maximum atomic E-state index is 14.2. The maximum absolute atomic E-state index is 14.2. The number of piperidine rings is 1. The van der Waals surface area contributed by atoms with Crippen LogP contribution in [0.3, 0.4) is 0 Å². The smallest absolute Gasteiger partial charge is 0.340 e. The van der Waals surface area contributed by atoms with Crippen LogP contribution in [0.15, 0.2) is 24.3 Å². The number of aromatic nitrogens is 2. The van der Waals surface area contributed by atoms with Gasteiger partial charge in [-0.25, -0.2) is 9.18 Å². The van der Waals surface area contributed by atoms with Crippen LogP contribution in [0.1, 0.15) is 34.7 Å². The van der Waals surface area contributed by atoms with E-state index in [4.69, 9.17) is 17.3 Å². The predicted octanol–water partition coefficient (Wildman–Crippen LogP) is 3.02. The number of hydrogen-bond donors (Lipinski definition) is 1. The molecular formula is C17H18ClFN4O2. The molecule has 0 radical (unpaired) electrons. The first-order valence-corrected chi connectivity index (χ1v) is 8.28. The fourth-order valence-corrected chi connectivity index (χ4v) is 3.29. The molecule has 1 aromatic carbocycles. The minimum absolute atomic E-state index is 0.0618. The van der Waals surface area contributed by atoms with Gasteiger partial charge in [0.15, 0.2) is 11.0 Å². The van der Waals surface area contributed by atoms with E-state index in [0.29, 0.717) is 12.4 Å². The van der Waals surface area contributed by atoms with Gasteiger partial charge in [0, 0.05) is 25.1 Å². The number of halogens is 2. The molecule has 1 saturated heterocycles. The van der Waals surface area contributed by atoms with Crippen LogP contribution in [-0.4, -0.2) is 36.4 Å². The minimum Gasteiger partial charge on any atom is -0.465 e. The van der Waals surface area contributed by atoms with E-state index < -0.39 is 11.8 Å². The van der Waals surface area contributed by atoms with Gasteiger partial charge in [0.2, 0.25) is 0 Å². The number of esters is 1. The second-order valence-electron chi connectivity index (χ2n) is 5.95. The standard InChI is InChI=1S/C17H18ClFN4O2/c1-25-17(24)12-5-4-10(7-13(12)19)11-3-2-6-23(9-11)14-8-15(18)21-22-16(14)20/h4-5,7-8,11H,2-3,6,9H2,1H3,(H2,20,22). The van der Waals surface area contributed by atoms with Crippen LogP contribution >= 0.6 is 11.6 Å². The lowest BCUT2D eigenvalue weighted by Crippen LogP contribution is -2.35. The third-order valence-electron chi connectivity index (χ3n) is 4.40. The molecule has 0 amide bonds. The summed E-state index contributed by atoms with van der Waals surface area (Å²) in [4.78, 5) is 13.6. The summed E-state index contributed by atoms with van der Waals surface area (Å²) < 4.78 is 18.8. The maximum Gasteiger partial charge on any atom is 0.340 e. The fourth-order valence-electron chi connectivity index (χ4n) is 3.15. The van der Waals surface area contributed by atoms with Crippen molar-refractivity contribution in [3.8, 4) is 0 Å². The molecule has 0 bridgehead atoms. The minimum atomic E-state index is -0.681. The van der Waals surface area contributed by atoms with Gasteiger partial charge in [-0.1, -0.05) is 17.7 Å². The van der Waals surface area contributed by atoms with Gasteiger partial charge in [0.1, 0.15) is 5.82 Å². The Labute approximate surface area is 149 Å². The number of nitrogen functional groups attached to an aromatic ring is 1. The van der Waals surface area contributed by atoms with Crippen LogP contribution in [0, 0.1) is 5.82 Å². The molecule has 2 aromatic rings. The second-order valence-corrected chi connectivity index (χ2v) is 6.34. The zero-order valence-corrected chi connectivity index (χ0v) is 14.5. The van der Waals surface area contributed by atoms with Crippen LogP contribution in [0.5, 0.6) is 0 Å². The second kappa shape index (κ2) is 7.23. The van der Waals surface area contributed by atoms with Gasteiger partial charge in [-0.2, -0.15) is 0 Å². The topological polar surface area (TPSA) is 81.3 Å². The van der Waals surface area contributed by atoms with Crippen molar-refractivity contribution in [3.63, 3.8) is 0 Å². The molecule has 1 atom stereocenters. The molecule has 1 aliphatic heterocycles. The number of benzene rings is 1. The summed E-state index contributed by atoms with van der Waals surface area (Å²) in [6.45, 7) is 1.47. The van der Waals surface area contributed by atoms with Crippen molar-refractivity contribution in [3.05, 3.63) is 46.4 Å². The van der Waals surface area contributed by atoms with E-state index in [0.717, 1.165) is 30.6 Å². The molecule has 8 heteroatoms.